The zero-order chi connectivity index (χ0) is 14.7. The first-order chi connectivity index (χ1) is 10.3. The van der Waals surface area contributed by atoms with Gasteiger partial charge in [0, 0.05) is 18.0 Å². The van der Waals surface area contributed by atoms with Gasteiger partial charge in [-0.2, -0.15) is 0 Å². The molecule has 0 atom stereocenters. The highest BCUT2D eigenvalue weighted by Gasteiger charge is 2.19. The zero-order valence-corrected chi connectivity index (χ0v) is 11.3. The predicted octanol–water partition coefficient (Wildman–Crippen LogP) is 2.69. The Hall–Kier alpha value is -3.02. The van der Waals surface area contributed by atoms with Gasteiger partial charge in [0.2, 0.25) is 0 Å². The average Bonchev–Trinajstić information content (AvgIpc) is 2.98. The molecular formula is C15H12N4O2. The molecule has 0 spiro atoms. The summed E-state index contributed by atoms with van der Waals surface area (Å²) >= 11 is 0. The van der Waals surface area contributed by atoms with E-state index in [0.717, 1.165) is 11.1 Å². The van der Waals surface area contributed by atoms with Crippen LogP contribution >= 0.6 is 0 Å². The van der Waals surface area contributed by atoms with Crippen LogP contribution in [-0.4, -0.2) is 20.9 Å². The summed E-state index contributed by atoms with van der Waals surface area (Å²) in [7, 11) is 0. The lowest BCUT2D eigenvalue weighted by molar-refractivity contribution is 0.102. The van der Waals surface area contributed by atoms with Crippen molar-refractivity contribution in [3.63, 3.8) is 0 Å². The van der Waals surface area contributed by atoms with Gasteiger partial charge in [0.05, 0.1) is 6.20 Å². The second-order valence-corrected chi connectivity index (χ2v) is 4.39. The molecular weight excluding hydrogens is 268 g/mol. The lowest BCUT2D eigenvalue weighted by Gasteiger charge is -2.05. The molecule has 3 rings (SSSR count). The SMILES string of the molecule is Cc1ccccc1-c1ocnc1C(=O)Nc1cnccn1. The quantitative estimate of drug-likeness (QED) is 0.797. The maximum Gasteiger partial charge on any atom is 0.279 e. The molecule has 0 aliphatic rings. The summed E-state index contributed by atoms with van der Waals surface area (Å²) in [4.78, 5) is 24.2. The first-order valence-electron chi connectivity index (χ1n) is 6.32. The standard InChI is InChI=1S/C15H12N4O2/c1-10-4-2-3-5-11(10)14-13(18-9-21-14)15(20)19-12-8-16-6-7-17-12/h2-9H,1H3,(H,17,19,20). The third-order valence-electron chi connectivity index (χ3n) is 2.98. The fourth-order valence-electron chi connectivity index (χ4n) is 1.97. The molecule has 6 nitrogen and oxygen atoms in total. The Labute approximate surface area is 120 Å². The Morgan fingerprint density at radius 1 is 1.19 bits per heavy atom. The Morgan fingerprint density at radius 3 is 2.81 bits per heavy atom. The number of amides is 1. The van der Waals surface area contributed by atoms with E-state index in [2.05, 4.69) is 20.3 Å². The van der Waals surface area contributed by atoms with Gasteiger partial charge in [-0.05, 0) is 12.5 Å². The van der Waals surface area contributed by atoms with E-state index in [1.165, 1.54) is 25.0 Å². The molecule has 0 fully saturated rings. The molecule has 3 aromatic rings. The molecule has 2 heterocycles. The monoisotopic (exact) mass is 280 g/mol. The molecule has 1 amide bonds. The van der Waals surface area contributed by atoms with Gasteiger partial charge < -0.3 is 9.73 Å². The van der Waals surface area contributed by atoms with Crippen molar-refractivity contribution < 1.29 is 9.21 Å². The molecule has 0 bridgehead atoms. The first kappa shape index (κ1) is 13.0. The van der Waals surface area contributed by atoms with Gasteiger partial charge in [0.1, 0.15) is 0 Å². The number of aryl methyl sites for hydroxylation is 1. The van der Waals surface area contributed by atoms with Crippen LogP contribution in [0.4, 0.5) is 5.82 Å². The van der Waals surface area contributed by atoms with Crippen molar-refractivity contribution in [2.75, 3.05) is 5.32 Å². The van der Waals surface area contributed by atoms with Gasteiger partial charge in [-0.3, -0.25) is 9.78 Å². The van der Waals surface area contributed by atoms with Gasteiger partial charge >= 0.3 is 0 Å². The van der Waals surface area contributed by atoms with E-state index in [4.69, 9.17) is 4.42 Å². The maximum atomic E-state index is 12.3. The van der Waals surface area contributed by atoms with Gasteiger partial charge in [-0.25, -0.2) is 9.97 Å². The van der Waals surface area contributed by atoms with Crippen LogP contribution in [0.1, 0.15) is 16.1 Å². The average molecular weight is 280 g/mol. The Kier molecular flexibility index (Phi) is 3.42. The summed E-state index contributed by atoms with van der Waals surface area (Å²) in [5, 5.41) is 2.64. The van der Waals surface area contributed by atoms with E-state index in [-0.39, 0.29) is 11.6 Å². The van der Waals surface area contributed by atoms with Crippen molar-refractivity contribution in [1.82, 2.24) is 15.0 Å². The predicted molar refractivity (Wildman–Crippen MR) is 76.7 cm³/mol. The number of nitrogens with zero attached hydrogens (tertiary/aromatic N) is 3. The second kappa shape index (κ2) is 5.54. The van der Waals surface area contributed by atoms with Gasteiger partial charge in [0.25, 0.3) is 5.91 Å². The van der Waals surface area contributed by atoms with Crippen molar-refractivity contribution in [1.29, 1.82) is 0 Å². The number of oxazole rings is 1. The third kappa shape index (κ3) is 2.64. The van der Waals surface area contributed by atoms with Crippen molar-refractivity contribution >= 4 is 11.7 Å². The minimum atomic E-state index is -0.387. The molecule has 0 saturated carbocycles. The largest absolute Gasteiger partial charge is 0.443 e. The summed E-state index contributed by atoms with van der Waals surface area (Å²) in [5.41, 5.74) is 2.05. The van der Waals surface area contributed by atoms with Crippen molar-refractivity contribution in [3.8, 4) is 11.3 Å². The number of aromatic nitrogens is 3. The smallest absolute Gasteiger partial charge is 0.279 e. The summed E-state index contributed by atoms with van der Waals surface area (Å²) in [5.74, 6) is 0.415. The minimum absolute atomic E-state index is 0.218. The number of carbonyl (C=O) groups is 1. The first-order valence-corrected chi connectivity index (χ1v) is 6.32. The molecule has 1 aromatic carbocycles. The summed E-state index contributed by atoms with van der Waals surface area (Å²) in [6.07, 6.45) is 5.75. The molecule has 2 aromatic heterocycles. The summed E-state index contributed by atoms with van der Waals surface area (Å²) < 4.78 is 5.38. The van der Waals surface area contributed by atoms with E-state index in [0.29, 0.717) is 11.6 Å². The van der Waals surface area contributed by atoms with Crippen LogP contribution in [0, 0.1) is 6.92 Å². The van der Waals surface area contributed by atoms with Crippen molar-refractivity contribution in [2.45, 2.75) is 6.92 Å². The number of anilines is 1. The fraction of sp³-hybridized carbons (Fsp3) is 0.0667. The number of nitrogens with one attached hydrogen (secondary N) is 1. The Bertz CT molecular complexity index is 768. The number of carbonyl (C=O) groups excluding carboxylic acids is 1. The molecule has 0 unspecified atom stereocenters. The zero-order valence-electron chi connectivity index (χ0n) is 11.3. The molecule has 0 saturated heterocycles. The fourth-order valence-corrected chi connectivity index (χ4v) is 1.97. The molecule has 1 N–H and O–H groups in total. The van der Waals surface area contributed by atoms with Crippen LogP contribution in [0.2, 0.25) is 0 Å². The topological polar surface area (TPSA) is 80.9 Å². The van der Waals surface area contributed by atoms with Crippen LogP contribution in [0.3, 0.4) is 0 Å². The molecule has 0 aliphatic heterocycles. The second-order valence-electron chi connectivity index (χ2n) is 4.39. The lowest BCUT2D eigenvalue weighted by atomic mass is 10.1. The van der Waals surface area contributed by atoms with Crippen molar-refractivity contribution in [3.05, 3.63) is 60.5 Å². The molecule has 104 valence electrons. The van der Waals surface area contributed by atoms with E-state index in [1.807, 2.05) is 31.2 Å². The van der Waals surface area contributed by atoms with E-state index >= 15 is 0 Å². The number of benzene rings is 1. The molecule has 6 heteroatoms. The highest BCUT2D eigenvalue weighted by Crippen LogP contribution is 2.26. The Balaban J connectivity index is 1.93. The maximum absolute atomic E-state index is 12.3. The van der Waals surface area contributed by atoms with Crippen LogP contribution in [0.15, 0.2) is 53.7 Å². The van der Waals surface area contributed by atoms with E-state index < -0.39 is 0 Å². The van der Waals surface area contributed by atoms with Crippen LogP contribution in [0.5, 0.6) is 0 Å². The third-order valence-corrected chi connectivity index (χ3v) is 2.98. The summed E-state index contributed by atoms with van der Waals surface area (Å²) in [6, 6.07) is 7.64. The normalized spacial score (nSPS) is 10.3. The van der Waals surface area contributed by atoms with Gasteiger partial charge in [0.15, 0.2) is 23.7 Å². The minimum Gasteiger partial charge on any atom is -0.443 e. The Morgan fingerprint density at radius 2 is 2.05 bits per heavy atom. The molecule has 0 radical (unpaired) electrons. The lowest BCUT2D eigenvalue weighted by Crippen LogP contribution is -2.14. The van der Waals surface area contributed by atoms with Gasteiger partial charge in [-0.1, -0.05) is 24.3 Å². The molecule has 0 aliphatic carbocycles. The van der Waals surface area contributed by atoms with Crippen LogP contribution in [-0.2, 0) is 0 Å². The van der Waals surface area contributed by atoms with E-state index in [9.17, 15) is 4.79 Å². The van der Waals surface area contributed by atoms with Crippen LogP contribution < -0.4 is 5.32 Å². The van der Waals surface area contributed by atoms with E-state index in [1.54, 1.807) is 0 Å². The summed E-state index contributed by atoms with van der Waals surface area (Å²) in [6.45, 7) is 1.95. The highest BCUT2D eigenvalue weighted by molar-refractivity contribution is 6.06. The number of hydrogen-bond acceptors (Lipinski definition) is 5. The van der Waals surface area contributed by atoms with Crippen LogP contribution in [0.25, 0.3) is 11.3 Å². The number of hydrogen-bond donors (Lipinski definition) is 1. The van der Waals surface area contributed by atoms with Gasteiger partial charge in [-0.15, -0.1) is 0 Å². The molecule has 21 heavy (non-hydrogen) atoms. The number of rotatable bonds is 3. The van der Waals surface area contributed by atoms with Crippen molar-refractivity contribution in [2.24, 2.45) is 0 Å². The highest BCUT2D eigenvalue weighted by atomic mass is 16.3.